The van der Waals surface area contributed by atoms with Gasteiger partial charge in [0.15, 0.2) is 0 Å². The number of benzene rings is 1. The molecule has 8 heteroatoms. The molecule has 0 saturated carbocycles. The first-order chi connectivity index (χ1) is 8.63. The highest BCUT2D eigenvalue weighted by Gasteiger charge is 2.12. The lowest BCUT2D eigenvalue weighted by Gasteiger charge is -2.04. The molecule has 0 aliphatic heterocycles. The number of nitrogens with two attached hydrogens (primary N) is 1. The van der Waals surface area contributed by atoms with Crippen molar-refractivity contribution in [3.63, 3.8) is 0 Å². The maximum Gasteiger partial charge on any atom is 0.347 e. The average Bonchev–Trinajstić information content (AvgIpc) is 2.71. The van der Waals surface area contributed by atoms with Gasteiger partial charge in [-0.2, -0.15) is 5.10 Å². The van der Waals surface area contributed by atoms with E-state index in [1.807, 2.05) is 0 Å². The fourth-order valence-corrected chi connectivity index (χ4v) is 1.64. The van der Waals surface area contributed by atoms with Gasteiger partial charge in [-0.15, -0.1) is 0 Å². The van der Waals surface area contributed by atoms with Crippen LogP contribution in [0.1, 0.15) is 5.82 Å². The maximum absolute atomic E-state index is 11.6. The quantitative estimate of drug-likeness (QED) is 0.582. The summed E-state index contributed by atoms with van der Waals surface area (Å²) in [5, 5.41) is 16.8. The van der Waals surface area contributed by atoms with Crippen molar-refractivity contribution in [1.29, 1.82) is 0 Å². The Labute approximate surface area is 101 Å². The highest BCUT2D eigenvalue weighted by molar-refractivity contribution is 5.43. The van der Waals surface area contributed by atoms with Crippen LogP contribution in [0.4, 0.5) is 5.69 Å². The number of nitrogens with zero attached hydrogens (tertiary/aromatic N) is 3. The van der Waals surface area contributed by atoms with E-state index in [1.54, 1.807) is 6.07 Å². The molecule has 2 aromatic rings. The van der Waals surface area contributed by atoms with E-state index in [-0.39, 0.29) is 5.69 Å². The van der Waals surface area contributed by atoms with Gasteiger partial charge in [-0.3, -0.25) is 10.1 Å². The van der Waals surface area contributed by atoms with Crippen LogP contribution in [0, 0.1) is 10.1 Å². The van der Waals surface area contributed by atoms with Crippen LogP contribution >= 0.6 is 0 Å². The molecule has 0 amide bonds. The molecule has 1 heterocycles. The lowest BCUT2D eigenvalue weighted by molar-refractivity contribution is -0.384. The number of hydrogen-bond acceptors (Lipinski definition) is 5. The van der Waals surface area contributed by atoms with Crippen molar-refractivity contribution >= 4 is 5.69 Å². The summed E-state index contributed by atoms with van der Waals surface area (Å²) in [6, 6.07) is 5.79. The molecular formula is C10H11N5O3. The van der Waals surface area contributed by atoms with Crippen LogP contribution < -0.4 is 11.4 Å². The summed E-state index contributed by atoms with van der Waals surface area (Å²) in [4.78, 5) is 21.8. The molecule has 0 radical (unpaired) electrons. The molecule has 0 aliphatic rings. The number of H-pyrrole nitrogens is 1. The van der Waals surface area contributed by atoms with Gasteiger partial charge in [0.25, 0.3) is 5.69 Å². The van der Waals surface area contributed by atoms with E-state index in [9.17, 15) is 14.9 Å². The molecule has 3 N–H and O–H groups in total. The number of nitrogens with one attached hydrogen (secondary N) is 1. The van der Waals surface area contributed by atoms with Crippen LogP contribution in [0.2, 0.25) is 0 Å². The van der Waals surface area contributed by atoms with Gasteiger partial charge in [0.1, 0.15) is 5.82 Å². The first-order valence-corrected chi connectivity index (χ1v) is 5.24. The third kappa shape index (κ3) is 2.13. The second-order valence-electron chi connectivity index (χ2n) is 3.60. The number of aromatic nitrogens is 3. The van der Waals surface area contributed by atoms with E-state index >= 15 is 0 Å². The first-order valence-electron chi connectivity index (χ1n) is 5.24. The van der Waals surface area contributed by atoms with Crippen LogP contribution in [0.25, 0.3) is 5.69 Å². The van der Waals surface area contributed by atoms with Crippen molar-refractivity contribution in [2.45, 2.75) is 6.42 Å². The van der Waals surface area contributed by atoms with Gasteiger partial charge >= 0.3 is 5.69 Å². The number of hydrogen-bond donors (Lipinski definition) is 2. The van der Waals surface area contributed by atoms with E-state index in [0.29, 0.717) is 24.5 Å². The molecule has 1 aromatic carbocycles. The standard InChI is InChI=1S/C10H11N5O3/c11-5-4-9-12-13-10(16)14(9)7-2-1-3-8(6-7)15(17)18/h1-3,6H,4-5,11H2,(H,13,16). The summed E-state index contributed by atoms with van der Waals surface area (Å²) >= 11 is 0. The van der Waals surface area contributed by atoms with Crippen molar-refractivity contribution in [3.8, 4) is 5.69 Å². The fraction of sp³-hybridized carbons (Fsp3) is 0.200. The lowest BCUT2D eigenvalue weighted by atomic mass is 10.2. The first kappa shape index (κ1) is 12.0. The minimum absolute atomic E-state index is 0.0840. The molecule has 0 saturated heterocycles. The Balaban J connectivity index is 2.54. The zero-order valence-electron chi connectivity index (χ0n) is 9.37. The average molecular weight is 249 g/mol. The second kappa shape index (κ2) is 4.80. The van der Waals surface area contributed by atoms with E-state index in [4.69, 9.17) is 5.73 Å². The Morgan fingerprint density at radius 1 is 1.50 bits per heavy atom. The van der Waals surface area contributed by atoms with Gasteiger partial charge in [-0.05, 0) is 12.6 Å². The topological polar surface area (TPSA) is 120 Å². The molecule has 8 nitrogen and oxygen atoms in total. The molecule has 0 unspecified atom stereocenters. The lowest BCUT2D eigenvalue weighted by Crippen LogP contribution is -2.18. The van der Waals surface area contributed by atoms with E-state index in [0.717, 1.165) is 0 Å². The van der Waals surface area contributed by atoms with Gasteiger partial charge in [0.05, 0.1) is 10.6 Å². The second-order valence-corrected chi connectivity index (χ2v) is 3.60. The molecule has 0 fully saturated rings. The van der Waals surface area contributed by atoms with Crippen molar-refractivity contribution in [1.82, 2.24) is 14.8 Å². The summed E-state index contributed by atoms with van der Waals surface area (Å²) in [7, 11) is 0. The monoisotopic (exact) mass is 249 g/mol. The minimum Gasteiger partial charge on any atom is -0.330 e. The van der Waals surface area contributed by atoms with Crippen LogP contribution in [0.5, 0.6) is 0 Å². The molecule has 0 spiro atoms. The van der Waals surface area contributed by atoms with E-state index < -0.39 is 10.6 Å². The van der Waals surface area contributed by atoms with Crippen LogP contribution in [0.15, 0.2) is 29.1 Å². The number of nitro groups is 1. The molecule has 0 aliphatic carbocycles. The SMILES string of the molecule is NCCc1n[nH]c(=O)n1-c1cccc([N+](=O)[O-])c1. The number of aromatic amines is 1. The van der Waals surface area contributed by atoms with Gasteiger partial charge in [0.2, 0.25) is 0 Å². The normalized spacial score (nSPS) is 10.5. The molecular weight excluding hydrogens is 238 g/mol. The Morgan fingerprint density at radius 2 is 2.28 bits per heavy atom. The Morgan fingerprint density at radius 3 is 2.94 bits per heavy atom. The van der Waals surface area contributed by atoms with Crippen molar-refractivity contribution < 1.29 is 4.92 Å². The van der Waals surface area contributed by atoms with Gasteiger partial charge in [-0.25, -0.2) is 14.5 Å². The number of nitro benzene ring substituents is 1. The molecule has 0 bridgehead atoms. The molecule has 18 heavy (non-hydrogen) atoms. The number of non-ortho nitro benzene ring substituents is 1. The molecule has 1 aromatic heterocycles. The summed E-state index contributed by atoms with van der Waals surface area (Å²) < 4.78 is 1.28. The van der Waals surface area contributed by atoms with Crippen LogP contribution in [0.3, 0.4) is 0 Å². The van der Waals surface area contributed by atoms with E-state index in [1.165, 1.54) is 22.8 Å². The zero-order chi connectivity index (χ0) is 13.1. The van der Waals surface area contributed by atoms with Crippen molar-refractivity contribution in [2.24, 2.45) is 5.73 Å². The molecule has 0 atom stereocenters. The third-order valence-corrected chi connectivity index (χ3v) is 2.41. The molecule has 94 valence electrons. The fourth-order valence-electron chi connectivity index (χ4n) is 1.64. The number of rotatable bonds is 4. The van der Waals surface area contributed by atoms with Crippen molar-refractivity contribution in [2.75, 3.05) is 6.54 Å². The smallest absolute Gasteiger partial charge is 0.330 e. The highest BCUT2D eigenvalue weighted by Crippen LogP contribution is 2.16. The van der Waals surface area contributed by atoms with Crippen LogP contribution in [-0.4, -0.2) is 26.2 Å². The van der Waals surface area contributed by atoms with E-state index in [2.05, 4.69) is 10.2 Å². The van der Waals surface area contributed by atoms with Gasteiger partial charge < -0.3 is 5.73 Å². The Kier molecular flexibility index (Phi) is 3.20. The Hall–Kier alpha value is -2.48. The third-order valence-electron chi connectivity index (χ3n) is 2.41. The molecule has 2 rings (SSSR count). The Bertz CT molecular complexity index is 630. The van der Waals surface area contributed by atoms with Gasteiger partial charge in [-0.1, -0.05) is 6.07 Å². The predicted octanol–water partition coefficient (Wildman–Crippen LogP) is -0.0300. The zero-order valence-corrected chi connectivity index (χ0v) is 9.37. The summed E-state index contributed by atoms with van der Waals surface area (Å²) in [5.41, 5.74) is 5.28. The largest absolute Gasteiger partial charge is 0.347 e. The predicted molar refractivity (Wildman–Crippen MR) is 63.6 cm³/mol. The van der Waals surface area contributed by atoms with Gasteiger partial charge in [0, 0.05) is 18.6 Å². The van der Waals surface area contributed by atoms with Crippen LogP contribution in [-0.2, 0) is 6.42 Å². The summed E-state index contributed by atoms with van der Waals surface area (Å²) in [6.45, 7) is 0.333. The highest BCUT2D eigenvalue weighted by atomic mass is 16.6. The summed E-state index contributed by atoms with van der Waals surface area (Å²) in [5.74, 6) is 0.447. The summed E-state index contributed by atoms with van der Waals surface area (Å²) in [6.07, 6.45) is 0.404. The van der Waals surface area contributed by atoms with Crippen molar-refractivity contribution in [3.05, 3.63) is 50.7 Å². The minimum atomic E-state index is -0.517. The maximum atomic E-state index is 11.6.